The van der Waals surface area contributed by atoms with Gasteiger partial charge in [0.25, 0.3) is 11.5 Å². The van der Waals surface area contributed by atoms with E-state index >= 15 is 0 Å². The number of aromatic nitrogens is 2. The third-order valence-electron chi connectivity index (χ3n) is 6.34. The first-order chi connectivity index (χ1) is 16.6. The van der Waals surface area contributed by atoms with Crippen LogP contribution in [0.25, 0.3) is 10.9 Å². The molecule has 172 valence electrons. The van der Waals surface area contributed by atoms with Gasteiger partial charge in [-0.1, -0.05) is 60.2 Å². The lowest BCUT2D eigenvalue weighted by Crippen LogP contribution is -2.31. The van der Waals surface area contributed by atoms with E-state index in [0.29, 0.717) is 35.5 Å². The van der Waals surface area contributed by atoms with Crippen LogP contribution in [0.1, 0.15) is 39.9 Å². The van der Waals surface area contributed by atoms with Crippen molar-refractivity contribution in [3.8, 4) is 0 Å². The van der Waals surface area contributed by atoms with Crippen molar-refractivity contribution in [2.45, 2.75) is 32.9 Å². The number of carbonyl (C=O) groups is 1. The highest BCUT2D eigenvalue weighted by molar-refractivity contribution is 5.97. The number of benzene rings is 3. The average molecular weight is 453 g/mol. The van der Waals surface area contributed by atoms with E-state index in [1.807, 2.05) is 61.5 Å². The lowest BCUT2D eigenvalue weighted by Gasteiger charge is -2.22. The van der Waals surface area contributed by atoms with Crippen molar-refractivity contribution < 1.29 is 4.79 Å². The molecule has 1 aliphatic rings. The monoisotopic (exact) mass is 452 g/mol. The van der Waals surface area contributed by atoms with Crippen LogP contribution in [0, 0.1) is 6.92 Å². The maximum atomic E-state index is 13.5. The number of hydrogen-bond acceptors (Lipinski definition) is 4. The third kappa shape index (κ3) is 4.57. The molecule has 0 bridgehead atoms. The fraction of sp³-hybridized carbons (Fsp3) is 0.250. The molecule has 1 aromatic heterocycles. The number of nitrogens with zero attached hydrogens (tertiary/aromatic N) is 3. The highest BCUT2D eigenvalue weighted by Gasteiger charge is 2.21. The zero-order valence-corrected chi connectivity index (χ0v) is 19.3. The summed E-state index contributed by atoms with van der Waals surface area (Å²) < 4.78 is 1.76. The maximum absolute atomic E-state index is 13.5. The Morgan fingerprint density at radius 2 is 1.68 bits per heavy atom. The predicted octanol–water partition coefficient (Wildman–Crippen LogP) is 4.28. The molecule has 0 spiro atoms. The highest BCUT2D eigenvalue weighted by atomic mass is 16.1. The summed E-state index contributed by atoms with van der Waals surface area (Å²) in [5.74, 6) is 0.497. The molecular weight excluding hydrogens is 424 g/mol. The van der Waals surface area contributed by atoms with Crippen LogP contribution in [0.2, 0.25) is 0 Å². The molecule has 6 nitrogen and oxygen atoms in total. The first-order valence-corrected chi connectivity index (χ1v) is 11.8. The standard InChI is InChI=1S/C28H28N4O2/c1-20-9-11-21(12-10-20)18-29-26(33)23-13-14-24-25(17-23)30-28(31-15-5-6-16-31)32(27(24)34)19-22-7-3-2-4-8-22/h2-4,7-14,17H,5-6,15-16,18-19H2,1H3,(H,29,33). The molecular formula is C28H28N4O2. The number of carbonyl (C=O) groups excluding carboxylic acids is 1. The fourth-order valence-electron chi connectivity index (χ4n) is 4.41. The predicted molar refractivity (Wildman–Crippen MR) is 135 cm³/mol. The first kappa shape index (κ1) is 21.9. The lowest BCUT2D eigenvalue weighted by atomic mass is 10.1. The van der Waals surface area contributed by atoms with E-state index in [9.17, 15) is 9.59 Å². The number of fused-ring (bicyclic) bond motifs is 1. The minimum Gasteiger partial charge on any atom is -0.348 e. The van der Waals surface area contributed by atoms with E-state index in [-0.39, 0.29) is 11.5 Å². The van der Waals surface area contributed by atoms with Gasteiger partial charge in [0.1, 0.15) is 0 Å². The minimum atomic E-state index is -0.180. The number of nitrogens with one attached hydrogen (secondary N) is 1. The van der Waals surface area contributed by atoms with Gasteiger partial charge in [0.05, 0.1) is 17.4 Å². The Morgan fingerprint density at radius 3 is 2.41 bits per heavy atom. The summed E-state index contributed by atoms with van der Waals surface area (Å²) in [6.07, 6.45) is 2.17. The average Bonchev–Trinajstić information content (AvgIpc) is 3.40. The van der Waals surface area contributed by atoms with Crippen LogP contribution < -0.4 is 15.8 Å². The molecule has 0 saturated carbocycles. The van der Waals surface area contributed by atoms with Crippen molar-refractivity contribution in [3.63, 3.8) is 0 Å². The Morgan fingerprint density at radius 1 is 0.941 bits per heavy atom. The molecule has 1 fully saturated rings. The van der Waals surface area contributed by atoms with Crippen molar-refractivity contribution in [2.75, 3.05) is 18.0 Å². The van der Waals surface area contributed by atoms with E-state index in [0.717, 1.165) is 37.1 Å². The summed E-state index contributed by atoms with van der Waals surface area (Å²) in [5, 5.41) is 3.49. The Kier molecular flexibility index (Phi) is 6.12. The largest absolute Gasteiger partial charge is 0.348 e. The zero-order valence-electron chi connectivity index (χ0n) is 19.3. The molecule has 1 N–H and O–H groups in total. The fourth-order valence-corrected chi connectivity index (χ4v) is 4.41. The number of anilines is 1. The van der Waals surface area contributed by atoms with Crippen LogP contribution in [0.5, 0.6) is 0 Å². The van der Waals surface area contributed by atoms with Gasteiger partial charge < -0.3 is 10.2 Å². The van der Waals surface area contributed by atoms with Crippen LogP contribution in [-0.4, -0.2) is 28.5 Å². The molecule has 0 radical (unpaired) electrons. The minimum absolute atomic E-state index is 0.0811. The smallest absolute Gasteiger partial charge is 0.263 e. The molecule has 5 rings (SSSR count). The van der Waals surface area contributed by atoms with Crippen molar-refractivity contribution in [3.05, 3.63) is 105 Å². The Balaban J connectivity index is 1.47. The quantitative estimate of drug-likeness (QED) is 0.474. The molecule has 3 aromatic carbocycles. The van der Waals surface area contributed by atoms with Gasteiger partial charge in [-0.2, -0.15) is 0 Å². The van der Waals surface area contributed by atoms with E-state index < -0.39 is 0 Å². The SMILES string of the molecule is Cc1ccc(CNC(=O)c2ccc3c(=O)n(Cc4ccccc4)c(N4CCCC4)nc3c2)cc1. The van der Waals surface area contributed by atoms with Crippen LogP contribution >= 0.6 is 0 Å². The molecule has 34 heavy (non-hydrogen) atoms. The molecule has 1 amide bonds. The van der Waals surface area contributed by atoms with Crippen molar-refractivity contribution in [1.29, 1.82) is 0 Å². The van der Waals surface area contributed by atoms with Crippen LogP contribution in [0.3, 0.4) is 0 Å². The summed E-state index contributed by atoms with van der Waals surface area (Å²) in [7, 11) is 0. The molecule has 0 unspecified atom stereocenters. The molecule has 0 atom stereocenters. The molecule has 2 heterocycles. The normalized spacial score (nSPS) is 13.4. The van der Waals surface area contributed by atoms with Crippen molar-refractivity contribution in [2.24, 2.45) is 0 Å². The van der Waals surface area contributed by atoms with Crippen molar-refractivity contribution in [1.82, 2.24) is 14.9 Å². The van der Waals surface area contributed by atoms with Crippen LogP contribution in [-0.2, 0) is 13.1 Å². The van der Waals surface area contributed by atoms with Gasteiger partial charge in [0.2, 0.25) is 5.95 Å². The number of rotatable bonds is 6. The second kappa shape index (κ2) is 9.51. The Hall–Kier alpha value is -3.93. The van der Waals surface area contributed by atoms with E-state index in [1.165, 1.54) is 5.56 Å². The second-order valence-electron chi connectivity index (χ2n) is 8.88. The van der Waals surface area contributed by atoms with Gasteiger partial charge in [0, 0.05) is 25.2 Å². The number of amides is 1. The summed E-state index contributed by atoms with van der Waals surface area (Å²) >= 11 is 0. The number of hydrogen-bond donors (Lipinski definition) is 1. The van der Waals surface area contributed by atoms with E-state index in [2.05, 4.69) is 10.2 Å². The van der Waals surface area contributed by atoms with E-state index in [1.54, 1.807) is 22.8 Å². The highest BCUT2D eigenvalue weighted by Crippen LogP contribution is 2.21. The Labute approximate surface area is 198 Å². The van der Waals surface area contributed by atoms with Crippen LogP contribution in [0.15, 0.2) is 77.6 Å². The maximum Gasteiger partial charge on any atom is 0.263 e. The molecule has 6 heteroatoms. The van der Waals surface area contributed by atoms with Crippen molar-refractivity contribution >= 4 is 22.8 Å². The molecule has 1 saturated heterocycles. The topological polar surface area (TPSA) is 67.2 Å². The Bertz CT molecular complexity index is 1370. The summed E-state index contributed by atoms with van der Waals surface area (Å²) in [6.45, 7) is 4.71. The second-order valence-corrected chi connectivity index (χ2v) is 8.88. The first-order valence-electron chi connectivity index (χ1n) is 11.8. The van der Waals surface area contributed by atoms with E-state index in [4.69, 9.17) is 4.98 Å². The molecule has 0 aliphatic carbocycles. The van der Waals surface area contributed by atoms with Gasteiger partial charge in [-0.25, -0.2) is 4.98 Å². The van der Waals surface area contributed by atoms with Gasteiger partial charge in [-0.05, 0) is 49.1 Å². The number of aryl methyl sites for hydroxylation is 1. The molecule has 1 aliphatic heterocycles. The van der Waals surface area contributed by atoms with Crippen LogP contribution in [0.4, 0.5) is 5.95 Å². The third-order valence-corrected chi connectivity index (χ3v) is 6.34. The summed E-state index contributed by atoms with van der Waals surface area (Å²) in [5.41, 5.74) is 4.25. The van der Waals surface area contributed by atoms with Gasteiger partial charge in [-0.15, -0.1) is 0 Å². The lowest BCUT2D eigenvalue weighted by molar-refractivity contribution is 0.0951. The van der Waals surface area contributed by atoms with Gasteiger partial charge in [-0.3, -0.25) is 14.2 Å². The zero-order chi connectivity index (χ0) is 23.5. The molecule has 4 aromatic rings. The summed E-state index contributed by atoms with van der Waals surface area (Å²) in [4.78, 5) is 33.4. The summed E-state index contributed by atoms with van der Waals surface area (Å²) in [6, 6.07) is 23.2. The van der Waals surface area contributed by atoms with Gasteiger partial charge in [0.15, 0.2) is 0 Å². The van der Waals surface area contributed by atoms with Gasteiger partial charge >= 0.3 is 0 Å².